The number of thiazole rings is 1. The number of benzene rings is 1. The van der Waals surface area contributed by atoms with Gasteiger partial charge >= 0.3 is 0 Å². The van der Waals surface area contributed by atoms with E-state index in [2.05, 4.69) is 11.9 Å². The number of fused-ring (bicyclic) bond motifs is 1. The lowest BCUT2D eigenvalue weighted by atomic mass is 10.3. The molecule has 17 heavy (non-hydrogen) atoms. The molecule has 5 heteroatoms. The zero-order valence-corrected chi connectivity index (χ0v) is 10.6. The third-order valence-electron chi connectivity index (χ3n) is 2.35. The Balaban J connectivity index is 2.74. The summed E-state index contributed by atoms with van der Waals surface area (Å²) >= 11 is 1.34. The van der Waals surface area contributed by atoms with Crippen molar-refractivity contribution in [3.05, 3.63) is 28.8 Å². The maximum atomic E-state index is 13.1. The molecule has 0 spiro atoms. The molecule has 0 aliphatic heterocycles. The number of carbonyl (C=O) groups is 1. The van der Waals surface area contributed by atoms with Crippen molar-refractivity contribution in [1.29, 1.82) is 0 Å². The van der Waals surface area contributed by atoms with Gasteiger partial charge in [0.25, 0.3) is 0 Å². The highest BCUT2D eigenvalue weighted by molar-refractivity contribution is 7.16. The van der Waals surface area contributed by atoms with Gasteiger partial charge in [-0.3, -0.25) is 4.79 Å². The standard InChI is InChI=1S/C12H13FN2OS/c1-3-6-15-10-5-4-9(13)7-11(10)17-12(15)14-8(2)16/h4-5,7H,3,6H2,1-2H3. The summed E-state index contributed by atoms with van der Waals surface area (Å²) in [6.45, 7) is 4.25. The summed E-state index contributed by atoms with van der Waals surface area (Å²) in [7, 11) is 0. The molecule has 0 aliphatic rings. The molecule has 1 aromatic heterocycles. The lowest BCUT2D eigenvalue weighted by Crippen LogP contribution is -2.15. The molecule has 0 saturated carbocycles. The Morgan fingerprint density at radius 3 is 2.94 bits per heavy atom. The first-order valence-electron chi connectivity index (χ1n) is 5.46. The summed E-state index contributed by atoms with van der Waals surface area (Å²) in [5, 5.41) is 0. The van der Waals surface area contributed by atoms with Crippen LogP contribution < -0.4 is 4.80 Å². The molecule has 0 bridgehead atoms. The van der Waals surface area contributed by atoms with Crippen LogP contribution >= 0.6 is 11.3 Å². The third kappa shape index (κ3) is 2.44. The number of carbonyl (C=O) groups excluding carboxylic acids is 1. The summed E-state index contributed by atoms with van der Waals surface area (Å²) in [4.78, 5) is 15.7. The summed E-state index contributed by atoms with van der Waals surface area (Å²) in [6.07, 6.45) is 0.939. The average Bonchev–Trinajstić information content (AvgIpc) is 2.55. The van der Waals surface area contributed by atoms with E-state index in [0.717, 1.165) is 23.2 Å². The van der Waals surface area contributed by atoms with Crippen LogP contribution in [0.3, 0.4) is 0 Å². The van der Waals surface area contributed by atoms with Gasteiger partial charge in [-0.15, -0.1) is 0 Å². The van der Waals surface area contributed by atoms with Gasteiger partial charge in [0.1, 0.15) is 5.82 Å². The number of amides is 1. The van der Waals surface area contributed by atoms with Crippen LogP contribution in [0.25, 0.3) is 10.2 Å². The molecular formula is C12H13FN2OS. The summed E-state index contributed by atoms with van der Waals surface area (Å²) < 4.78 is 15.9. The van der Waals surface area contributed by atoms with Gasteiger partial charge in [-0.05, 0) is 24.6 Å². The Labute approximate surface area is 102 Å². The summed E-state index contributed by atoms with van der Waals surface area (Å²) in [6, 6.07) is 4.64. The van der Waals surface area contributed by atoms with Crippen molar-refractivity contribution >= 4 is 27.5 Å². The molecule has 0 aliphatic carbocycles. The molecule has 1 amide bonds. The second kappa shape index (κ2) is 4.79. The molecule has 1 heterocycles. The molecule has 90 valence electrons. The molecular weight excluding hydrogens is 239 g/mol. The van der Waals surface area contributed by atoms with E-state index in [0.29, 0.717) is 4.80 Å². The molecule has 0 N–H and O–H groups in total. The Bertz CT molecular complexity index is 627. The van der Waals surface area contributed by atoms with Crippen LogP contribution in [0.2, 0.25) is 0 Å². The number of aromatic nitrogens is 1. The number of hydrogen-bond donors (Lipinski definition) is 0. The van der Waals surface area contributed by atoms with E-state index >= 15 is 0 Å². The maximum Gasteiger partial charge on any atom is 0.245 e. The molecule has 2 aromatic rings. The van der Waals surface area contributed by atoms with E-state index in [1.165, 1.54) is 30.4 Å². The van der Waals surface area contributed by atoms with Crippen molar-refractivity contribution < 1.29 is 9.18 Å². The fraction of sp³-hybridized carbons (Fsp3) is 0.333. The van der Waals surface area contributed by atoms with Gasteiger partial charge in [0.05, 0.1) is 10.2 Å². The number of hydrogen-bond acceptors (Lipinski definition) is 2. The van der Waals surface area contributed by atoms with Crippen LogP contribution in [0.5, 0.6) is 0 Å². The van der Waals surface area contributed by atoms with Crippen LogP contribution in [-0.2, 0) is 11.3 Å². The quantitative estimate of drug-likeness (QED) is 0.809. The van der Waals surface area contributed by atoms with Crippen molar-refractivity contribution in [1.82, 2.24) is 4.57 Å². The van der Waals surface area contributed by atoms with E-state index in [9.17, 15) is 9.18 Å². The molecule has 0 fully saturated rings. The van der Waals surface area contributed by atoms with E-state index in [-0.39, 0.29) is 11.7 Å². The highest BCUT2D eigenvalue weighted by atomic mass is 32.1. The van der Waals surface area contributed by atoms with Crippen molar-refractivity contribution in [3.63, 3.8) is 0 Å². The Hall–Kier alpha value is -1.49. The van der Waals surface area contributed by atoms with Gasteiger partial charge < -0.3 is 4.57 Å². The summed E-state index contributed by atoms with van der Waals surface area (Å²) in [5.41, 5.74) is 0.929. The van der Waals surface area contributed by atoms with Gasteiger partial charge in [0.2, 0.25) is 5.91 Å². The van der Waals surface area contributed by atoms with Crippen molar-refractivity contribution in [2.45, 2.75) is 26.8 Å². The van der Waals surface area contributed by atoms with Gasteiger partial charge in [-0.2, -0.15) is 4.99 Å². The van der Waals surface area contributed by atoms with E-state index in [1.807, 2.05) is 4.57 Å². The molecule has 0 unspecified atom stereocenters. The van der Waals surface area contributed by atoms with E-state index in [4.69, 9.17) is 0 Å². The monoisotopic (exact) mass is 252 g/mol. The molecule has 0 saturated heterocycles. The van der Waals surface area contributed by atoms with Gasteiger partial charge in [0.15, 0.2) is 4.80 Å². The van der Waals surface area contributed by atoms with Crippen LogP contribution in [0, 0.1) is 5.82 Å². The predicted molar refractivity (Wildman–Crippen MR) is 66.3 cm³/mol. The Morgan fingerprint density at radius 1 is 1.53 bits per heavy atom. The Kier molecular flexibility index (Phi) is 3.38. The number of aryl methyl sites for hydroxylation is 1. The maximum absolute atomic E-state index is 13.1. The first-order chi connectivity index (χ1) is 8.11. The van der Waals surface area contributed by atoms with Gasteiger partial charge in [-0.1, -0.05) is 18.3 Å². The minimum atomic E-state index is -0.267. The van der Waals surface area contributed by atoms with E-state index in [1.54, 1.807) is 6.07 Å². The topological polar surface area (TPSA) is 34.4 Å². The zero-order chi connectivity index (χ0) is 12.4. The lowest BCUT2D eigenvalue weighted by molar-refractivity contribution is -0.116. The second-order valence-electron chi connectivity index (χ2n) is 3.78. The SMILES string of the molecule is CCCn1c(=NC(C)=O)sc2cc(F)ccc21. The van der Waals surface area contributed by atoms with Crippen LogP contribution in [0.15, 0.2) is 23.2 Å². The van der Waals surface area contributed by atoms with Crippen molar-refractivity contribution in [2.24, 2.45) is 4.99 Å². The van der Waals surface area contributed by atoms with E-state index < -0.39 is 0 Å². The molecule has 0 atom stereocenters. The van der Waals surface area contributed by atoms with Crippen molar-refractivity contribution in [2.75, 3.05) is 0 Å². The van der Waals surface area contributed by atoms with Crippen LogP contribution in [0.4, 0.5) is 4.39 Å². The van der Waals surface area contributed by atoms with Crippen molar-refractivity contribution in [3.8, 4) is 0 Å². The predicted octanol–water partition coefficient (Wildman–Crippen LogP) is 2.70. The fourth-order valence-electron chi connectivity index (χ4n) is 1.71. The first kappa shape index (κ1) is 12.0. The highest BCUT2D eigenvalue weighted by Gasteiger charge is 2.06. The lowest BCUT2D eigenvalue weighted by Gasteiger charge is -2.01. The largest absolute Gasteiger partial charge is 0.316 e. The molecule has 0 radical (unpaired) electrons. The minimum Gasteiger partial charge on any atom is -0.316 e. The minimum absolute atomic E-state index is 0.234. The van der Waals surface area contributed by atoms with Crippen LogP contribution in [0.1, 0.15) is 20.3 Å². The third-order valence-corrected chi connectivity index (χ3v) is 3.39. The molecule has 1 aromatic carbocycles. The van der Waals surface area contributed by atoms with Gasteiger partial charge in [0, 0.05) is 13.5 Å². The number of rotatable bonds is 2. The highest BCUT2D eigenvalue weighted by Crippen LogP contribution is 2.18. The second-order valence-corrected chi connectivity index (χ2v) is 4.79. The number of halogens is 1. The first-order valence-corrected chi connectivity index (χ1v) is 6.27. The fourth-order valence-corrected chi connectivity index (χ4v) is 2.83. The van der Waals surface area contributed by atoms with Crippen LogP contribution in [-0.4, -0.2) is 10.5 Å². The average molecular weight is 252 g/mol. The molecule has 3 nitrogen and oxygen atoms in total. The zero-order valence-electron chi connectivity index (χ0n) is 9.74. The normalized spacial score (nSPS) is 12.3. The Morgan fingerprint density at radius 2 is 2.29 bits per heavy atom. The molecule has 2 rings (SSSR count). The smallest absolute Gasteiger partial charge is 0.245 e. The number of nitrogens with zero attached hydrogens (tertiary/aromatic N) is 2. The summed E-state index contributed by atoms with van der Waals surface area (Å²) in [5.74, 6) is -0.501. The van der Waals surface area contributed by atoms with Gasteiger partial charge in [-0.25, -0.2) is 4.39 Å².